The summed E-state index contributed by atoms with van der Waals surface area (Å²) >= 11 is 0. The van der Waals surface area contributed by atoms with Crippen LogP contribution in [-0.2, 0) is 17.8 Å². The molecule has 3 rings (SSSR count). The predicted molar refractivity (Wildman–Crippen MR) is 108 cm³/mol. The Morgan fingerprint density at radius 2 is 2.18 bits per heavy atom. The van der Waals surface area contributed by atoms with Crippen molar-refractivity contribution in [3.63, 3.8) is 0 Å². The highest BCUT2D eigenvalue weighted by Crippen LogP contribution is 2.21. The van der Waals surface area contributed by atoms with Crippen molar-refractivity contribution >= 4 is 5.69 Å². The fraction of sp³-hybridized carbons (Fsp3) is 0.684. The van der Waals surface area contributed by atoms with E-state index in [1.54, 1.807) is 24.1 Å². The quantitative estimate of drug-likeness (QED) is 0.668. The molecular weight excluding hydrogens is 358 g/mol. The van der Waals surface area contributed by atoms with Crippen LogP contribution in [-0.4, -0.2) is 69.8 Å². The van der Waals surface area contributed by atoms with Crippen molar-refractivity contribution in [1.29, 1.82) is 0 Å². The molecule has 0 amide bonds. The van der Waals surface area contributed by atoms with Gasteiger partial charge >= 0.3 is 0 Å². The zero-order valence-corrected chi connectivity index (χ0v) is 17.3. The van der Waals surface area contributed by atoms with E-state index >= 15 is 0 Å². The molecule has 9 nitrogen and oxygen atoms in total. The SMILES string of the molecule is CCn1c(C)nnc1CN1CCCC(n2ncc(N(C)CCOC)cc2=O)C1. The molecule has 1 unspecified atom stereocenters. The van der Waals surface area contributed by atoms with Gasteiger partial charge in [-0.25, -0.2) is 4.68 Å². The molecule has 3 heterocycles. The van der Waals surface area contributed by atoms with Gasteiger partial charge in [0.2, 0.25) is 0 Å². The van der Waals surface area contributed by atoms with Crippen LogP contribution in [0.15, 0.2) is 17.1 Å². The Morgan fingerprint density at radius 1 is 1.36 bits per heavy atom. The van der Waals surface area contributed by atoms with E-state index in [0.717, 1.165) is 62.9 Å². The van der Waals surface area contributed by atoms with Gasteiger partial charge in [0, 0.05) is 39.9 Å². The third-order valence-corrected chi connectivity index (χ3v) is 5.40. The molecule has 0 saturated carbocycles. The summed E-state index contributed by atoms with van der Waals surface area (Å²) in [6.45, 7) is 8.82. The van der Waals surface area contributed by atoms with Crippen LogP contribution in [0.3, 0.4) is 0 Å². The average molecular weight is 390 g/mol. The van der Waals surface area contributed by atoms with Crippen LogP contribution in [0.2, 0.25) is 0 Å². The third-order valence-electron chi connectivity index (χ3n) is 5.40. The number of rotatable bonds is 8. The molecule has 9 heteroatoms. The van der Waals surface area contributed by atoms with E-state index in [-0.39, 0.29) is 11.6 Å². The first-order chi connectivity index (χ1) is 13.5. The van der Waals surface area contributed by atoms with Crippen LogP contribution >= 0.6 is 0 Å². The van der Waals surface area contributed by atoms with Crippen LogP contribution in [0.25, 0.3) is 0 Å². The van der Waals surface area contributed by atoms with Gasteiger partial charge in [0.1, 0.15) is 11.6 Å². The van der Waals surface area contributed by atoms with Crippen molar-refractivity contribution in [2.45, 2.75) is 45.8 Å². The number of nitrogens with zero attached hydrogens (tertiary/aromatic N) is 7. The predicted octanol–water partition coefficient (Wildman–Crippen LogP) is 1.08. The van der Waals surface area contributed by atoms with E-state index in [0.29, 0.717) is 6.61 Å². The highest BCUT2D eigenvalue weighted by atomic mass is 16.5. The summed E-state index contributed by atoms with van der Waals surface area (Å²) in [5, 5.41) is 13.0. The van der Waals surface area contributed by atoms with Gasteiger partial charge in [0.05, 0.1) is 31.1 Å². The van der Waals surface area contributed by atoms with Crippen LogP contribution in [0, 0.1) is 6.92 Å². The number of ether oxygens (including phenoxy) is 1. The number of hydrogen-bond acceptors (Lipinski definition) is 7. The number of methoxy groups -OCH3 is 1. The molecule has 1 aliphatic rings. The van der Waals surface area contributed by atoms with E-state index < -0.39 is 0 Å². The Balaban J connectivity index is 1.69. The van der Waals surface area contributed by atoms with Crippen LogP contribution in [0.1, 0.15) is 37.5 Å². The van der Waals surface area contributed by atoms with Crippen molar-refractivity contribution in [3.05, 3.63) is 34.3 Å². The molecule has 1 atom stereocenters. The van der Waals surface area contributed by atoms with Crippen molar-refractivity contribution in [2.75, 3.05) is 45.3 Å². The van der Waals surface area contributed by atoms with Gasteiger partial charge in [-0.05, 0) is 33.2 Å². The smallest absolute Gasteiger partial charge is 0.269 e. The average Bonchev–Trinajstić information content (AvgIpc) is 3.05. The first-order valence-electron chi connectivity index (χ1n) is 9.93. The van der Waals surface area contributed by atoms with Crippen LogP contribution in [0.5, 0.6) is 0 Å². The minimum absolute atomic E-state index is 0.0545. The lowest BCUT2D eigenvalue weighted by Crippen LogP contribution is -2.41. The largest absolute Gasteiger partial charge is 0.383 e. The van der Waals surface area contributed by atoms with Gasteiger partial charge in [0.15, 0.2) is 0 Å². The van der Waals surface area contributed by atoms with Gasteiger partial charge < -0.3 is 14.2 Å². The number of piperidine rings is 1. The number of anilines is 1. The number of hydrogen-bond donors (Lipinski definition) is 0. The molecule has 0 aliphatic carbocycles. The highest BCUT2D eigenvalue weighted by Gasteiger charge is 2.24. The monoisotopic (exact) mass is 389 g/mol. The third kappa shape index (κ3) is 4.59. The van der Waals surface area contributed by atoms with Crippen molar-refractivity contribution in [3.8, 4) is 0 Å². The summed E-state index contributed by atoms with van der Waals surface area (Å²) in [5.74, 6) is 1.92. The molecule has 0 aromatic carbocycles. The maximum Gasteiger partial charge on any atom is 0.269 e. The molecule has 0 bridgehead atoms. The Morgan fingerprint density at radius 3 is 2.89 bits per heavy atom. The first-order valence-corrected chi connectivity index (χ1v) is 9.93. The number of likely N-dealkylation sites (tertiary alicyclic amines) is 1. The molecule has 1 saturated heterocycles. The van der Waals surface area contributed by atoms with E-state index in [1.807, 2.05) is 18.9 Å². The van der Waals surface area contributed by atoms with Crippen LogP contribution < -0.4 is 10.5 Å². The second-order valence-electron chi connectivity index (χ2n) is 7.35. The van der Waals surface area contributed by atoms with E-state index in [4.69, 9.17) is 4.74 Å². The van der Waals surface area contributed by atoms with Gasteiger partial charge in [-0.2, -0.15) is 5.10 Å². The number of likely N-dealkylation sites (N-methyl/N-ethyl adjacent to an activating group) is 1. The fourth-order valence-electron chi connectivity index (χ4n) is 3.78. The zero-order chi connectivity index (χ0) is 20.1. The first kappa shape index (κ1) is 20.5. The lowest BCUT2D eigenvalue weighted by Gasteiger charge is -2.32. The summed E-state index contributed by atoms with van der Waals surface area (Å²) in [6.07, 6.45) is 3.77. The van der Waals surface area contributed by atoms with Crippen molar-refractivity contribution in [2.24, 2.45) is 0 Å². The number of aromatic nitrogens is 5. The van der Waals surface area contributed by atoms with Crippen molar-refractivity contribution < 1.29 is 4.74 Å². The minimum Gasteiger partial charge on any atom is -0.383 e. The Labute approximate surface area is 165 Å². The topological polar surface area (TPSA) is 81.3 Å². The molecule has 1 fully saturated rings. The molecule has 2 aromatic heterocycles. The fourth-order valence-corrected chi connectivity index (χ4v) is 3.78. The lowest BCUT2D eigenvalue weighted by atomic mass is 10.1. The second-order valence-corrected chi connectivity index (χ2v) is 7.35. The molecule has 2 aromatic rings. The highest BCUT2D eigenvalue weighted by molar-refractivity contribution is 5.41. The molecule has 154 valence electrons. The van der Waals surface area contributed by atoms with Crippen molar-refractivity contribution in [1.82, 2.24) is 29.4 Å². The van der Waals surface area contributed by atoms with E-state index in [1.165, 1.54) is 0 Å². The zero-order valence-electron chi connectivity index (χ0n) is 17.3. The summed E-state index contributed by atoms with van der Waals surface area (Å²) < 4.78 is 8.87. The van der Waals surface area contributed by atoms with Gasteiger partial charge in [0.25, 0.3) is 5.56 Å². The summed E-state index contributed by atoms with van der Waals surface area (Å²) in [5.41, 5.74) is 0.763. The standard InChI is InChI=1S/C19H31N7O2/c1-5-25-15(2)21-22-18(25)14-24-8-6-7-16(13-24)26-19(27)11-17(12-20-26)23(3)9-10-28-4/h11-12,16H,5-10,13-14H2,1-4H3. The summed E-state index contributed by atoms with van der Waals surface area (Å²) in [4.78, 5) is 17.0. The molecule has 0 spiro atoms. The Hall–Kier alpha value is -2.26. The normalized spacial score (nSPS) is 17.8. The molecule has 0 N–H and O–H groups in total. The summed E-state index contributed by atoms with van der Waals surface area (Å²) in [6, 6.07) is 1.75. The maximum absolute atomic E-state index is 12.7. The molecule has 1 aliphatic heterocycles. The second kappa shape index (κ2) is 9.29. The van der Waals surface area contributed by atoms with E-state index in [2.05, 4.69) is 31.7 Å². The minimum atomic E-state index is -0.0545. The van der Waals surface area contributed by atoms with E-state index in [9.17, 15) is 4.79 Å². The molecule has 0 radical (unpaired) electrons. The molecule has 28 heavy (non-hydrogen) atoms. The lowest BCUT2D eigenvalue weighted by molar-refractivity contribution is 0.155. The summed E-state index contributed by atoms with van der Waals surface area (Å²) in [7, 11) is 3.61. The van der Waals surface area contributed by atoms with Gasteiger partial charge in [-0.1, -0.05) is 0 Å². The number of aryl methyl sites for hydroxylation is 1. The Bertz CT molecular complexity index is 832. The van der Waals surface area contributed by atoms with Gasteiger partial charge in [-0.15, -0.1) is 10.2 Å². The maximum atomic E-state index is 12.7. The van der Waals surface area contributed by atoms with Crippen LogP contribution in [0.4, 0.5) is 5.69 Å². The Kier molecular flexibility index (Phi) is 6.79. The van der Waals surface area contributed by atoms with Gasteiger partial charge in [-0.3, -0.25) is 9.69 Å². The molecular formula is C19H31N7O2.